The van der Waals surface area contributed by atoms with Crippen LogP contribution in [0, 0.1) is 5.92 Å². The summed E-state index contributed by atoms with van der Waals surface area (Å²) < 4.78 is 0.969. The Labute approximate surface area is 157 Å². The molecule has 2 saturated heterocycles. The van der Waals surface area contributed by atoms with Crippen LogP contribution in [0.15, 0.2) is 0 Å². The topological polar surface area (TPSA) is 9.72 Å². The maximum absolute atomic E-state index is 2.78. The van der Waals surface area contributed by atoms with E-state index in [0.717, 1.165) is 15.9 Å². The first kappa shape index (κ1) is 18.4. The summed E-state index contributed by atoms with van der Waals surface area (Å²) in [5, 5.41) is 0. The Morgan fingerprint density at radius 2 is 1.48 bits per heavy atom. The third-order valence-electron chi connectivity index (χ3n) is 6.47. The summed E-state index contributed by atoms with van der Waals surface area (Å²) in [6.07, 6.45) is 11.6. The van der Waals surface area contributed by atoms with Crippen LogP contribution < -0.4 is 0 Å². The van der Waals surface area contributed by atoms with E-state index in [1.807, 2.05) is 0 Å². The average Bonchev–Trinajstić information content (AvgIpc) is 2.58. The Hall–Kier alpha value is 0.610. The van der Waals surface area contributed by atoms with E-state index in [-0.39, 0.29) is 0 Å². The van der Waals surface area contributed by atoms with E-state index in [1.54, 1.807) is 0 Å². The summed E-state index contributed by atoms with van der Waals surface area (Å²) in [7, 11) is 2.26. The Bertz CT molecular complexity index is 325. The van der Waals surface area contributed by atoms with Crippen molar-refractivity contribution in [1.82, 2.24) is 14.7 Å². The van der Waals surface area contributed by atoms with Crippen LogP contribution >= 0.6 is 22.6 Å². The molecule has 0 aromatic carbocycles. The molecule has 0 aromatic rings. The first-order valence-corrected chi connectivity index (χ1v) is 11.2. The van der Waals surface area contributed by atoms with Gasteiger partial charge < -0.3 is 9.80 Å². The summed E-state index contributed by atoms with van der Waals surface area (Å²) in [6, 6.07) is 0.872. The van der Waals surface area contributed by atoms with Crippen LogP contribution in [0.25, 0.3) is 0 Å². The number of alkyl halides is 1. The smallest absolute Gasteiger partial charge is 0.0121 e. The minimum atomic E-state index is 0.872. The van der Waals surface area contributed by atoms with E-state index in [0.29, 0.717) is 0 Å². The number of hydrogen-bond acceptors (Lipinski definition) is 3. The number of piperazine rings is 1. The highest BCUT2D eigenvalue weighted by Crippen LogP contribution is 2.31. The molecule has 3 fully saturated rings. The van der Waals surface area contributed by atoms with Gasteiger partial charge in [-0.25, -0.2) is 0 Å². The molecule has 0 bridgehead atoms. The molecule has 0 atom stereocenters. The molecule has 2 aliphatic heterocycles. The zero-order valence-corrected chi connectivity index (χ0v) is 17.2. The highest BCUT2D eigenvalue weighted by atomic mass is 127. The minimum Gasteiger partial charge on any atom is -0.306 e. The molecule has 0 radical (unpaired) electrons. The van der Waals surface area contributed by atoms with Gasteiger partial charge in [0.25, 0.3) is 0 Å². The van der Waals surface area contributed by atoms with Crippen LogP contribution in [0.5, 0.6) is 0 Å². The van der Waals surface area contributed by atoms with Crippen LogP contribution in [-0.4, -0.2) is 77.5 Å². The van der Waals surface area contributed by atoms with E-state index < -0.39 is 0 Å². The van der Waals surface area contributed by atoms with Crippen molar-refractivity contribution in [3.8, 4) is 0 Å². The predicted molar refractivity (Wildman–Crippen MR) is 108 cm³/mol. The van der Waals surface area contributed by atoms with Gasteiger partial charge in [0.05, 0.1) is 0 Å². The molecule has 0 unspecified atom stereocenters. The molecular weight excluding hydrogens is 397 g/mol. The van der Waals surface area contributed by atoms with Crippen LogP contribution in [-0.2, 0) is 0 Å². The molecule has 4 heteroatoms. The summed E-state index contributed by atoms with van der Waals surface area (Å²) in [6.45, 7) is 9.20. The lowest BCUT2D eigenvalue weighted by molar-refractivity contribution is 0.0634. The summed E-state index contributed by atoms with van der Waals surface area (Å²) >= 11 is 2.65. The van der Waals surface area contributed by atoms with Gasteiger partial charge in [0.2, 0.25) is 0 Å². The Balaban J connectivity index is 1.27. The monoisotopic (exact) mass is 433 g/mol. The van der Waals surface area contributed by atoms with Gasteiger partial charge in [-0.2, -0.15) is 0 Å². The highest BCUT2D eigenvalue weighted by Gasteiger charge is 2.26. The fourth-order valence-electron chi connectivity index (χ4n) is 4.73. The SMILES string of the molecule is CN1CCC(N2CCN(CCCC3CCC(I)CC3)CC2)CC1. The van der Waals surface area contributed by atoms with Crippen molar-refractivity contribution < 1.29 is 0 Å². The molecule has 0 spiro atoms. The van der Waals surface area contributed by atoms with Gasteiger partial charge in [0, 0.05) is 36.1 Å². The van der Waals surface area contributed by atoms with Crippen molar-refractivity contribution in [2.45, 2.75) is 61.3 Å². The van der Waals surface area contributed by atoms with Gasteiger partial charge in [-0.05, 0) is 84.0 Å². The lowest BCUT2D eigenvalue weighted by Crippen LogP contribution is -2.52. The molecular formula is C19H36IN3. The second kappa shape index (κ2) is 9.35. The fourth-order valence-corrected chi connectivity index (χ4v) is 5.45. The zero-order chi connectivity index (χ0) is 16.1. The molecule has 0 N–H and O–H groups in total. The summed E-state index contributed by atoms with van der Waals surface area (Å²) in [5.74, 6) is 1.04. The van der Waals surface area contributed by atoms with E-state index in [2.05, 4.69) is 44.3 Å². The fraction of sp³-hybridized carbons (Fsp3) is 1.00. The van der Waals surface area contributed by atoms with Crippen molar-refractivity contribution in [1.29, 1.82) is 0 Å². The van der Waals surface area contributed by atoms with Crippen molar-refractivity contribution in [2.75, 3.05) is 52.9 Å². The van der Waals surface area contributed by atoms with Gasteiger partial charge in [-0.3, -0.25) is 4.90 Å². The lowest BCUT2D eigenvalue weighted by atomic mass is 9.86. The quantitative estimate of drug-likeness (QED) is 0.486. The second-order valence-electron chi connectivity index (χ2n) is 8.17. The number of nitrogens with zero attached hydrogens (tertiary/aromatic N) is 3. The number of likely N-dealkylation sites (tertiary alicyclic amines) is 1. The molecule has 3 rings (SSSR count). The Morgan fingerprint density at radius 1 is 0.826 bits per heavy atom. The number of piperidine rings is 1. The predicted octanol–water partition coefficient (Wildman–Crippen LogP) is 3.47. The maximum Gasteiger partial charge on any atom is 0.0121 e. The molecule has 0 aromatic heterocycles. The van der Waals surface area contributed by atoms with E-state index in [1.165, 1.54) is 97.2 Å². The van der Waals surface area contributed by atoms with E-state index >= 15 is 0 Å². The third-order valence-corrected chi connectivity index (χ3v) is 7.72. The molecule has 3 aliphatic rings. The molecule has 1 aliphatic carbocycles. The van der Waals surface area contributed by atoms with Crippen molar-refractivity contribution in [3.63, 3.8) is 0 Å². The van der Waals surface area contributed by atoms with E-state index in [9.17, 15) is 0 Å². The lowest BCUT2D eigenvalue weighted by Gasteiger charge is -2.42. The summed E-state index contributed by atoms with van der Waals surface area (Å²) in [4.78, 5) is 8.00. The van der Waals surface area contributed by atoms with Gasteiger partial charge >= 0.3 is 0 Å². The van der Waals surface area contributed by atoms with Gasteiger partial charge in [0.15, 0.2) is 0 Å². The van der Waals surface area contributed by atoms with Crippen LogP contribution in [0.3, 0.4) is 0 Å². The van der Waals surface area contributed by atoms with Crippen LogP contribution in [0.2, 0.25) is 0 Å². The molecule has 1 saturated carbocycles. The summed E-state index contributed by atoms with van der Waals surface area (Å²) in [5.41, 5.74) is 0. The van der Waals surface area contributed by atoms with E-state index in [4.69, 9.17) is 0 Å². The average molecular weight is 433 g/mol. The minimum absolute atomic E-state index is 0.872. The first-order valence-electron chi connectivity index (χ1n) is 9.99. The second-order valence-corrected chi connectivity index (χ2v) is 9.93. The Kier molecular flexibility index (Phi) is 7.48. The molecule has 0 amide bonds. The maximum atomic E-state index is 2.78. The molecule has 23 heavy (non-hydrogen) atoms. The Morgan fingerprint density at radius 3 is 2.13 bits per heavy atom. The number of hydrogen-bond donors (Lipinski definition) is 0. The zero-order valence-electron chi connectivity index (χ0n) is 15.1. The number of rotatable bonds is 5. The van der Waals surface area contributed by atoms with Crippen molar-refractivity contribution in [2.24, 2.45) is 5.92 Å². The van der Waals surface area contributed by atoms with Gasteiger partial charge in [-0.1, -0.05) is 22.6 Å². The van der Waals surface area contributed by atoms with Gasteiger partial charge in [-0.15, -0.1) is 0 Å². The standard InChI is InChI=1S/C19H36IN3/c1-21-11-8-19(9-12-21)23-15-13-22(14-16-23)10-2-3-17-4-6-18(20)7-5-17/h17-19H,2-16H2,1H3. The number of halogens is 1. The van der Waals surface area contributed by atoms with Crippen LogP contribution in [0.4, 0.5) is 0 Å². The van der Waals surface area contributed by atoms with Crippen molar-refractivity contribution >= 4 is 22.6 Å². The molecule has 2 heterocycles. The van der Waals surface area contributed by atoms with Crippen molar-refractivity contribution in [3.05, 3.63) is 0 Å². The normalized spacial score (nSPS) is 33.1. The first-order chi connectivity index (χ1) is 11.2. The van der Waals surface area contributed by atoms with Crippen LogP contribution in [0.1, 0.15) is 51.4 Å². The third kappa shape index (κ3) is 5.82. The largest absolute Gasteiger partial charge is 0.306 e. The molecule has 3 nitrogen and oxygen atoms in total. The molecule has 134 valence electrons. The highest BCUT2D eigenvalue weighted by molar-refractivity contribution is 14.1. The van der Waals surface area contributed by atoms with Gasteiger partial charge in [0.1, 0.15) is 0 Å².